The Labute approximate surface area is 143 Å². The molecule has 6 nitrogen and oxygen atoms in total. The molecule has 0 fully saturated rings. The van der Waals surface area contributed by atoms with Crippen molar-refractivity contribution in [3.05, 3.63) is 46.6 Å². The summed E-state index contributed by atoms with van der Waals surface area (Å²) >= 11 is 1.52. The Morgan fingerprint density at radius 1 is 1.33 bits per heavy atom. The van der Waals surface area contributed by atoms with Gasteiger partial charge in [0.15, 0.2) is 5.13 Å². The number of methoxy groups -OCH3 is 1. The van der Waals surface area contributed by atoms with E-state index in [1.807, 2.05) is 30.1 Å². The standard InChI is InChI=1S/C17H16N4O2S/c1-21-12-7-8-14-15(11(12)9-18-21)19-17(24-14)20-16(22)10-5-3-4-6-13(10)23-2/h3-6,9H,7-8H2,1-2H3,(H,19,20,22). The molecule has 0 aliphatic heterocycles. The Balaban J connectivity index is 1.63. The average molecular weight is 340 g/mol. The maximum Gasteiger partial charge on any atom is 0.261 e. The normalized spacial score (nSPS) is 12.4. The van der Waals surface area contributed by atoms with Crippen molar-refractivity contribution in [2.75, 3.05) is 12.4 Å². The molecule has 3 aromatic rings. The Morgan fingerprint density at radius 2 is 2.17 bits per heavy atom. The summed E-state index contributed by atoms with van der Waals surface area (Å²) in [5.41, 5.74) is 3.68. The molecule has 0 saturated carbocycles. The fraction of sp³-hybridized carbons (Fsp3) is 0.235. The Hall–Kier alpha value is -2.67. The van der Waals surface area contributed by atoms with Crippen molar-refractivity contribution in [2.45, 2.75) is 12.8 Å². The van der Waals surface area contributed by atoms with E-state index in [1.165, 1.54) is 21.9 Å². The predicted molar refractivity (Wildman–Crippen MR) is 92.7 cm³/mol. The van der Waals surface area contributed by atoms with E-state index in [-0.39, 0.29) is 5.91 Å². The molecule has 4 rings (SSSR count). The van der Waals surface area contributed by atoms with Crippen LogP contribution in [0.25, 0.3) is 11.3 Å². The van der Waals surface area contributed by atoms with Gasteiger partial charge in [-0.3, -0.25) is 14.8 Å². The van der Waals surface area contributed by atoms with Gasteiger partial charge in [0.25, 0.3) is 5.91 Å². The highest BCUT2D eigenvalue weighted by molar-refractivity contribution is 7.16. The van der Waals surface area contributed by atoms with E-state index in [4.69, 9.17) is 4.74 Å². The number of benzene rings is 1. The number of hydrogen-bond acceptors (Lipinski definition) is 5. The maximum absolute atomic E-state index is 12.5. The highest BCUT2D eigenvalue weighted by Crippen LogP contribution is 2.38. The lowest BCUT2D eigenvalue weighted by molar-refractivity contribution is 0.102. The fourth-order valence-electron chi connectivity index (χ4n) is 2.97. The van der Waals surface area contributed by atoms with Crippen LogP contribution in [-0.4, -0.2) is 27.8 Å². The number of ether oxygens (including phenoxy) is 1. The summed E-state index contributed by atoms with van der Waals surface area (Å²) in [7, 11) is 3.50. The first kappa shape index (κ1) is 14.9. The molecule has 2 heterocycles. The maximum atomic E-state index is 12.5. The fourth-order valence-corrected chi connectivity index (χ4v) is 3.94. The van der Waals surface area contributed by atoms with E-state index < -0.39 is 0 Å². The molecular weight excluding hydrogens is 324 g/mol. The van der Waals surface area contributed by atoms with E-state index in [1.54, 1.807) is 19.2 Å². The van der Waals surface area contributed by atoms with E-state index in [9.17, 15) is 4.79 Å². The Bertz CT molecular complexity index is 929. The molecule has 122 valence electrons. The summed E-state index contributed by atoms with van der Waals surface area (Å²) in [4.78, 5) is 18.3. The van der Waals surface area contributed by atoms with Gasteiger partial charge in [-0.1, -0.05) is 12.1 Å². The first-order valence-electron chi connectivity index (χ1n) is 7.62. The second-order valence-corrected chi connectivity index (χ2v) is 6.66. The zero-order valence-electron chi connectivity index (χ0n) is 13.4. The van der Waals surface area contributed by atoms with Crippen LogP contribution in [0.3, 0.4) is 0 Å². The summed E-state index contributed by atoms with van der Waals surface area (Å²) in [6, 6.07) is 7.15. The quantitative estimate of drug-likeness (QED) is 0.796. The van der Waals surface area contributed by atoms with Crippen molar-refractivity contribution in [1.82, 2.24) is 14.8 Å². The molecule has 1 amide bonds. The third kappa shape index (κ3) is 2.37. The number of rotatable bonds is 3. The lowest BCUT2D eigenvalue weighted by Gasteiger charge is -2.10. The number of carbonyl (C=O) groups is 1. The Kier molecular flexibility index (Phi) is 3.57. The van der Waals surface area contributed by atoms with Crippen LogP contribution in [0.15, 0.2) is 30.5 Å². The van der Waals surface area contributed by atoms with Gasteiger partial charge in [-0.25, -0.2) is 4.98 Å². The van der Waals surface area contributed by atoms with E-state index in [2.05, 4.69) is 15.4 Å². The van der Waals surface area contributed by atoms with Crippen LogP contribution < -0.4 is 10.1 Å². The highest BCUT2D eigenvalue weighted by Gasteiger charge is 2.24. The molecule has 1 aliphatic carbocycles. The van der Waals surface area contributed by atoms with E-state index in [0.717, 1.165) is 24.1 Å². The summed E-state index contributed by atoms with van der Waals surface area (Å²) in [6.07, 6.45) is 3.71. The minimum Gasteiger partial charge on any atom is -0.496 e. The second-order valence-electron chi connectivity index (χ2n) is 5.57. The number of anilines is 1. The van der Waals surface area contributed by atoms with Crippen molar-refractivity contribution in [1.29, 1.82) is 0 Å². The number of nitrogens with one attached hydrogen (secondary N) is 1. The van der Waals surface area contributed by atoms with Crippen LogP contribution >= 0.6 is 11.3 Å². The molecule has 0 spiro atoms. The van der Waals surface area contributed by atoms with Gasteiger partial charge in [-0.05, 0) is 25.0 Å². The third-order valence-corrected chi connectivity index (χ3v) is 5.21. The number of aryl methyl sites for hydroxylation is 2. The number of para-hydroxylation sites is 1. The molecule has 0 bridgehead atoms. The summed E-state index contributed by atoms with van der Waals surface area (Å²) in [6.45, 7) is 0. The van der Waals surface area contributed by atoms with Gasteiger partial charge in [0.2, 0.25) is 0 Å². The van der Waals surface area contributed by atoms with Crippen LogP contribution in [0.2, 0.25) is 0 Å². The minimum absolute atomic E-state index is 0.218. The van der Waals surface area contributed by atoms with Crippen molar-refractivity contribution < 1.29 is 9.53 Å². The zero-order chi connectivity index (χ0) is 16.7. The van der Waals surface area contributed by atoms with E-state index >= 15 is 0 Å². The third-order valence-electron chi connectivity index (χ3n) is 4.17. The molecule has 0 radical (unpaired) electrons. The SMILES string of the molecule is COc1ccccc1C(=O)Nc1nc2c(s1)CCc1c-2cnn1C. The zero-order valence-corrected chi connectivity index (χ0v) is 14.2. The van der Waals surface area contributed by atoms with Gasteiger partial charge >= 0.3 is 0 Å². The summed E-state index contributed by atoms with van der Waals surface area (Å²) in [5, 5.41) is 7.81. The minimum atomic E-state index is -0.218. The molecule has 0 saturated heterocycles. The topological polar surface area (TPSA) is 69.0 Å². The van der Waals surface area contributed by atoms with Gasteiger partial charge in [0, 0.05) is 23.2 Å². The van der Waals surface area contributed by atoms with Crippen molar-refractivity contribution in [3.8, 4) is 17.0 Å². The van der Waals surface area contributed by atoms with E-state index in [0.29, 0.717) is 16.4 Å². The summed E-state index contributed by atoms with van der Waals surface area (Å²) < 4.78 is 7.14. The van der Waals surface area contributed by atoms with Crippen LogP contribution in [0.4, 0.5) is 5.13 Å². The number of carbonyl (C=O) groups excluding carboxylic acids is 1. The monoisotopic (exact) mass is 340 g/mol. The largest absolute Gasteiger partial charge is 0.496 e. The van der Waals surface area contributed by atoms with Crippen LogP contribution in [0.5, 0.6) is 5.75 Å². The number of thiazole rings is 1. The smallest absolute Gasteiger partial charge is 0.261 e. The highest BCUT2D eigenvalue weighted by atomic mass is 32.1. The molecule has 1 N–H and O–H groups in total. The second kappa shape index (κ2) is 5.76. The summed E-state index contributed by atoms with van der Waals surface area (Å²) in [5.74, 6) is 0.329. The van der Waals surface area contributed by atoms with Crippen LogP contribution in [0.1, 0.15) is 20.9 Å². The molecule has 0 unspecified atom stereocenters. The number of amides is 1. The molecule has 2 aromatic heterocycles. The van der Waals surface area contributed by atoms with Gasteiger partial charge < -0.3 is 4.74 Å². The molecule has 0 atom stereocenters. The van der Waals surface area contributed by atoms with Crippen LogP contribution in [0, 0.1) is 0 Å². The van der Waals surface area contributed by atoms with Crippen LogP contribution in [-0.2, 0) is 19.9 Å². The number of fused-ring (bicyclic) bond motifs is 3. The molecule has 24 heavy (non-hydrogen) atoms. The first-order valence-corrected chi connectivity index (χ1v) is 8.44. The number of aromatic nitrogens is 3. The van der Waals surface area contributed by atoms with Gasteiger partial charge in [-0.2, -0.15) is 5.10 Å². The Morgan fingerprint density at radius 3 is 3.00 bits per heavy atom. The average Bonchev–Trinajstić information content (AvgIpc) is 3.17. The van der Waals surface area contributed by atoms with Crippen molar-refractivity contribution in [3.63, 3.8) is 0 Å². The van der Waals surface area contributed by atoms with Gasteiger partial charge in [0.05, 0.1) is 24.6 Å². The first-order chi connectivity index (χ1) is 11.7. The number of hydrogen-bond donors (Lipinski definition) is 1. The predicted octanol–water partition coefficient (Wildman–Crippen LogP) is 2.90. The lowest BCUT2D eigenvalue weighted by Crippen LogP contribution is -2.12. The number of nitrogens with zero attached hydrogens (tertiary/aromatic N) is 3. The molecule has 1 aromatic carbocycles. The molecule has 7 heteroatoms. The van der Waals surface area contributed by atoms with Crippen molar-refractivity contribution in [2.24, 2.45) is 7.05 Å². The molecule has 1 aliphatic rings. The van der Waals surface area contributed by atoms with Gasteiger partial charge in [0.1, 0.15) is 5.75 Å². The molecular formula is C17H16N4O2S. The van der Waals surface area contributed by atoms with Gasteiger partial charge in [-0.15, -0.1) is 11.3 Å². The van der Waals surface area contributed by atoms with Crippen molar-refractivity contribution >= 4 is 22.4 Å². The lowest BCUT2D eigenvalue weighted by atomic mass is 10.0.